The third-order valence-corrected chi connectivity index (χ3v) is 3.54. The molecule has 8 heteroatoms. The fourth-order valence-corrected chi connectivity index (χ4v) is 2.52. The Hall–Kier alpha value is -0.720. The standard InChI is InChI=1S/C11H6BrCl2F3N2/c12-4-6-5-18-19(10(6)11(15,16)17)9-2-1-7(13)3-8(9)14/h1-3,5H,4H2. The van der Waals surface area contributed by atoms with Gasteiger partial charge in [0.25, 0.3) is 0 Å². The average Bonchev–Trinajstić information content (AvgIpc) is 2.72. The molecule has 0 aliphatic rings. The largest absolute Gasteiger partial charge is 0.433 e. The van der Waals surface area contributed by atoms with Crippen LogP contribution < -0.4 is 0 Å². The third-order valence-electron chi connectivity index (χ3n) is 2.40. The summed E-state index contributed by atoms with van der Waals surface area (Å²) < 4.78 is 40.0. The highest BCUT2D eigenvalue weighted by atomic mass is 79.9. The molecule has 0 atom stereocenters. The summed E-state index contributed by atoms with van der Waals surface area (Å²) in [6.07, 6.45) is -3.37. The predicted octanol–water partition coefficient (Wildman–Crippen LogP) is 5.09. The van der Waals surface area contributed by atoms with E-state index in [1.54, 1.807) is 0 Å². The van der Waals surface area contributed by atoms with Crippen molar-refractivity contribution in [3.63, 3.8) is 0 Å². The number of alkyl halides is 4. The van der Waals surface area contributed by atoms with E-state index in [0.717, 1.165) is 10.9 Å². The van der Waals surface area contributed by atoms with Gasteiger partial charge in [-0.2, -0.15) is 18.3 Å². The van der Waals surface area contributed by atoms with Crippen molar-refractivity contribution in [2.45, 2.75) is 11.5 Å². The summed E-state index contributed by atoms with van der Waals surface area (Å²) >= 11 is 14.6. The Morgan fingerprint density at radius 3 is 2.47 bits per heavy atom. The number of nitrogens with zero attached hydrogens (tertiary/aromatic N) is 2. The van der Waals surface area contributed by atoms with Crippen molar-refractivity contribution in [2.75, 3.05) is 0 Å². The van der Waals surface area contributed by atoms with E-state index in [-0.39, 0.29) is 21.6 Å². The van der Waals surface area contributed by atoms with Gasteiger partial charge in [0.2, 0.25) is 0 Å². The minimum Gasteiger partial charge on any atom is -0.227 e. The maximum absolute atomic E-state index is 13.1. The van der Waals surface area contributed by atoms with Gasteiger partial charge in [-0.15, -0.1) is 0 Å². The second kappa shape index (κ2) is 5.34. The van der Waals surface area contributed by atoms with Crippen molar-refractivity contribution in [1.29, 1.82) is 0 Å². The quantitative estimate of drug-likeness (QED) is 0.670. The smallest absolute Gasteiger partial charge is 0.227 e. The van der Waals surface area contributed by atoms with E-state index in [0.29, 0.717) is 5.02 Å². The zero-order valence-corrected chi connectivity index (χ0v) is 12.3. The lowest BCUT2D eigenvalue weighted by atomic mass is 10.2. The molecule has 0 spiro atoms. The number of benzene rings is 1. The van der Waals surface area contributed by atoms with Crippen LogP contribution in [0.3, 0.4) is 0 Å². The molecule has 102 valence electrons. The van der Waals surface area contributed by atoms with Gasteiger partial charge in [0.1, 0.15) is 0 Å². The van der Waals surface area contributed by atoms with Gasteiger partial charge in [0.15, 0.2) is 5.69 Å². The van der Waals surface area contributed by atoms with Gasteiger partial charge in [0.05, 0.1) is 16.9 Å². The lowest BCUT2D eigenvalue weighted by molar-refractivity contribution is -0.143. The van der Waals surface area contributed by atoms with E-state index in [9.17, 15) is 13.2 Å². The molecule has 0 aliphatic heterocycles. The summed E-state index contributed by atoms with van der Waals surface area (Å²) in [7, 11) is 0. The van der Waals surface area contributed by atoms with Gasteiger partial charge in [-0.1, -0.05) is 39.1 Å². The highest BCUT2D eigenvalue weighted by Crippen LogP contribution is 2.36. The second-order valence-corrected chi connectivity index (χ2v) is 5.06. The van der Waals surface area contributed by atoms with Crippen molar-refractivity contribution < 1.29 is 13.2 Å². The summed E-state index contributed by atoms with van der Waals surface area (Å²) in [6.45, 7) is 0. The first-order valence-electron chi connectivity index (χ1n) is 5.00. The molecule has 2 nitrogen and oxygen atoms in total. The van der Waals surface area contributed by atoms with Crippen molar-refractivity contribution in [2.24, 2.45) is 0 Å². The highest BCUT2D eigenvalue weighted by Gasteiger charge is 2.38. The van der Waals surface area contributed by atoms with E-state index in [2.05, 4.69) is 21.0 Å². The molecule has 2 rings (SSSR count). The fraction of sp³-hybridized carbons (Fsp3) is 0.182. The second-order valence-electron chi connectivity index (χ2n) is 3.66. The van der Waals surface area contributed by atoms with E-state index >= 15 is 0 Å². The first-order valence-corrected chi connectivity index (χ1v) is 6.88. The number of halogens is 6. The van der Waals surface area contributed by atoms with E-state index in [1.807, 2.05) is 0 Å². The maximum Gasteiger partial charge on any atom is 0.433 e. The average molecular weight is 374 g/mol. The molecule has 0 N–H and O–H groups in total. The molecule has 1 aromatic heterocycles. The van der Waals surface area contributed by atoms with Crippen LogP contribution in [0.1, 0.15) is 11.3 Å². The van der Waals surface area contributed by atoms with Crippen LogP contribution in [0.4, 0.5) is 13.2 Å². The van der Waals surface area contributed by atoms with E-state index in [1.165, 1.54) is 18.2 Å². The molecule has 0 saturated heterocycles. The predicted molar refractivity (Wildman–Crippen MR) is 71.2 cm³/mol. The Labute approximate surface area is 125 Å². The normalized spacial score (nSPS) is 11.9. The van der Waals surface area contributed by atoms with Gasteiger partial charge in [-0.05, 0) is 18.2 Å². The minimum atomic E-state index is -4.53. The summed E-state index contributed by atoms with van der Waals surface area (Å²) in [4.78, 5) is 0. The van der Waals surface area contributed by atoms with Gasteiger partial charge >= 0.3 is 6.18 Å². The molecule has 0 radical (unpaired) electrons. The Bertz CT molecular complexity index is 610. The molecule has 0 bridgehead atoms. The molecule has 19 heavy (non-hydrogen) atoms. The van der Waals surface area contributed by atoms with Crippen LogP contribution >= 0.6 is 39.1 Å². The zero-order valence-electron chi connectivity index (χ0n) is 9.18. The van der Waals surface area contributed by atoms with Gasteiger partial charge in [-0.25, -0.2) is 4.68 Å². The Morgan fingerprint density at radius 1 is 1.26 bits per heavy atom. The molecule has 0 amide bonds. The Morgan fingerprint density at radius 2 is 1.95 bits per heavy atom. The topological polar surface area (TPSA) is 17.8 Å². The Kier molecular flexibility index (Phi) is 4.13. The maximum atomic E-state index is 13.1. The molecule has 0 saturated carbocycles. The number of hydrogen-bond donors (Lipinski definition) is 0. The molecule has 0 fully saturated rings. The molecule has 1 heterocycles. The van der Waals surface area contributed by atoms with Crippen LogP contribution in [0.15, 0.2) is 24.4 Å². The van der Waals surface area contributed by atoms with Crippen LogP contribution in [-0.4, -0.2) is 9.78 Å². The zero-order chi connectivity index (χ0) is 14.2. The van der Waals surface area contributed by atoms with Crippen LogP contribution in [0, 0.1) is 0 Å². The lowest BCUT2D eigenvalue weighted by Crippen LogP contribution is -2.15. The van der Waals surface area contributed by atoms with Crippen molar-refractivity contribution in [3.8, 4) is 5.69 Å². The van der Waals surface area contributed by atoms with Crippen molar-refractivity contribution >= 4 is 39.1 Å². The molecule has 1 aromatic carbocycles. The third kappa shape index (κ3) is 2.90. The van der Waals surface area contributed by atoms with Gasteiger partial charge < -0.3 is 0 Å². The monoisotopic (exact) mass is 372 g/mol. The summed E-state index contributed by atoms with van der Waals surface area (Å²) in [5.41, 5.74) is -0.683. The molecule has 2 aromatic rings. The van der Waals surface area contributed by atoms with Crippen LogP contribution in [0.2, 0.25) is 10.0 Å². The minimum absolute atomic E-state index is 0.0403. The fourth-order valence-electron chi connectivity index (χ4n) is 1.62. The summed E-state index contributed by atoms with van der Waals surface area (Å²) in [6, 6.07) is 4.22. The molecular formula is C11H6BrCl2F3N2. The van der Waals surface area contributed by atoms with Crippen molar-refractivity contribution in [3.05, 3.63) is 45.7 Å². The van der Waals surface area contributed by atoms with Crippen molar-refractivity contribution in [1.82, 2.24) is 9.78 Å². The van der Waals surface area contributed by atoms with Crippen LogP contribution in [-0.2, 0) is 11.5 Å². The first kappa shape index (κ1) is 14.7. The van der Waals surface area contributed by atoms with Crippen LogP contribution in [0.5, 0.6) is 0 Å². The van der Waals surface area contributed by atoms with E-state index in [4.69, 9.17) is 23.2 Å². The number of hydrogen-bond acceptors (Lipinski definition) is 1. The summed E-state index contributed by atoms with van der Waals surface area (Å²) in [5, 5.41) is 4.24. The molecular weight excluding hydrogens is 368 g/mol. The SMILES string of the molecule is FC(F)(F)c1c(CBr)cnn1-c1ccc(Cl)cc1Cl. The number of aromatic nitrogens is 2. The van der Waals surface area contributed by atoms with Gasteiger partial charge in [0, 0.05) is 15.9 Å². The van der Waals surface area contributed by atoms with E-state index < -0.39 is 11.9 Å². The molecule has 0 unspecified atom stereocenters. The van der Waals surface area contributed by atoms with Crippen LogP contribution in [0.25, 0.3) is 5.69 Å². The number of rotatable bonds is 2. The molecule has 0 aliphatic carbocycles. The Balaban J connectivity index is 2.66. The summed E-state index contributed by atoms with van der Waals surface area (Å²) in [5.74, 6) is 0. The first-order chi connectivity index (χ1) is 8.84. The highest BCUT2D eigenvalue weighted by molar-refractivity contribution is 9.08. The lowest BCUT2D eigenvalue weighted by Gasteiger charge is -2.13. The van der Waals surface area contributed by atoms with Gasteiger partial charge in [-0.3, -0.25) is 0 Å².